The smallest absolute Gasteiger partial charge is 0.246 e. The van der Waals surface area contributed by atoms with E-state index < -0.39 is 0 Å². The van der Waals surface area contributed by atoms with E-state index in [0.717, 1.165) is 71.2 Å². The lowest BCUT2D eigenvalue weighted by molar-refractivity contribution is 0.933. The molecule has 0 aliphatic carbocycles. The average molecular weight is 670 g/mol. The Balaban J connectivity index is 1.39. The first-order valence-electron chi connectivity index (χ1n) is 17.6. The highest BCUT2D eigenvalue weighted by atomic mass is 32.1. The summed E-state index contributed by atoms with van der Waals surface area (Å²) in [5.74, 6) is 0.537. The van der Waals surface area contributed by atoms with Crippen LogP contribution in [0.1, 0.15) is 1.37 Å². The Hall–Kier alpha value is -6.56. The van der Waals surface area contributed by atoms with Crippen molar-refractivity contribution in [1.82, 2.24) is 9.97 Å². The van der Waals surface area contributed by atoms with Crippen LogP contribution in [-0.4, -0.2) is 9.97 Å². The van der Waals surface area contributed by atoms with Crippen LogP contribution >= 0.6 is 11.3 Å². The van der Waals surface area contributed by atoms with Gasteiger partial charge < -0.3 is 0 Å². The van der Waals surface area contributed by atoms with E-state index in [1.54, 1.807) is 11.3 Å². The van der Waals surface area contributed by atoms with Gasteiger partial charge >= 0.3 is 0 Å². The molecule has 4 nitrogen and oxygen atoms in total. The number of benzene rings is 8. The third-order valence-corrected chi connectivity index (χ3v) is 11.2. The van der Waals surface area contributed by atoms with Crippen molar-refractivity contribution in [3.63, 3.8) is 0 Å². The van der Waals surface area contributed by atoms with Crippen LogP contribution in [0.15, 0.2) is 170 Å². The lowest BCUT2D eigenvalue weighted by Gasteiger charge is -2.43. The molecule has 5 heteroatoms. The fourth-order valence-corrected chi connectivity index (χ4v) is 9.14. The molecule has 1 aliphatic heterocycles. The van der Waals surface area contributed by atoms with Gasteiger partial charge in [-0.1, -0.05) is 140 Å². The molecule has 0 radical (unpaired) electrons. The van der Waals surface area contributed by atoms with Crippen molar-refractivity contribution in [2.24, 2.45) is 0 Å². The molecule has 0 saturated heterocycles. The summed E-state index contributed by atoms with van der Waals surface area (Å²) in [5.41, 5.74) is 7.57. The van der Waals surface area contributed by atoms with Gasteiger partial charge in [-0.05, 0) is 51.9 Å². The number of nitrogens with zero attached hydrogens (tertiary/aromatic N) is 4. The number of anilines is 4. The zero-order chi connectivity index (χ0) is 34.3. The molecule has 51 heavy (non-hydrogen) atoms. The predicted octanol–water partition coefficient (Wildman–Crippen LogP) is 12.8. The minimum Gasteiger partial charge on any atom is -0.246 e. The maximum Gasteiger partial charge on any atom is 0.251 e. The van der Waals surface area contributed by atoms with Crippen LogP contribution in [0, 0.1) is 0 Å². The largest absolute Gasteiger partial charge is 0.251 e. The summed E-state index contributed by atoms with van der Waals surface area (Å²) in [6.07, 6.45) is 0. The van der Waals surface area contributed by atoms with Gasteiger partial charge in [0.2, 0.25) is 0 Å². The number of hydrogen-bond donors (Lipinski definition) is 0. The molecule has 0 unspecified atom stereocenters. The Morgan fingerprint density at radius 1 is 0.510 bits per heavy atom. The SMILES string of the molecule is [2H]c1cc2ccccc2c2c1N(c1ccccc1)N(c1nc(-c3ccccc3)c3ccccc3n1)c1c-2c2ccccc2c2c1sc1ccccc12. The highest BCUT2D eigenvalue weighted by Crippen LogP contribution is 2.58. The average Bonchev–Trinajstić information content (AvgIpc) is 3.60. The van der Waals surface area contributed by atoms with E-state index in [0.29, 0.717) is 12.0 Å². The number of hydrogen-bond acceptors (Lipinski definition) is 5. The second-order valence-corrected chi connectivity index (χ2v) is 13.9. The Kier molecular flexibility index (Phi) is 5.87. The second-order valence-electron chi connectivity index (χ2n) is 12.9. The Morgan fingerprint density at radius 3 is 1.98 bits per heavy atom. The molecule has 0 saturated carbocycles. The second kappa shape index (κ2) is 11.0. The van der Waals surface area contributed by atoms with Crippen LogP contribution in [0.4, 0.5) is 23.0 Å². The van der Waals surface area contributed by atoms with Gasteiger partial charge in [0.25, 0.3) is 5.95 Å². The molecule has 238 valence electrons. The summed E-state index contributed by atoms with van der Waals surface area (Å²) in [5, 5.41) is 12.3. The monoisotopic (exact) mass is 669 g/mol. The van der Waals surface area contributed by atoms with Gasteiger partial charge in [-0.3, -0.25) is 0 Å². The van der Waals surface area contributed by atoms with E-state index in [1.807, 2.05) is 30.3 Å². The fourth-order valence-electron chi connectivity index (χ4n) is 7.89. The van der Waals surface area contributed by atoms with Gasteiger partial charge in [0.05, 0.1) is 34.3 Å². The molecule has 2 aromatic heterocycles. The summed E-state index contributed by atoms with van der Waals surface area (Å²) in [6.45, 7) is 0. The fraction of sp³-hybridized carbons (Fsp3) is 0. The summed E-state index contributed by atoms with van der Waals surface area (Å²) in [6, 6.07) is 57.3. The highest BCUT2D eigenvalue weighted by molar-refractivity contribution is 7.26. The van der Waals surface area contributed by atoms with Crippen LogP contribution in [0.3, 0.4) is 0 Å². The molecule has 0 N–H and O–H groups in total. The minimum absolute atomic E-state index is 0.429. The van der Waals surface area contributed by atoms with E-state index in [1.165, 1.54) is 20.9 Å². The molecule has 1 aliphatic rings. The first kappa shape index (κ1) is 27.3. The number of fused-ring (bicyclic) bond motifs is 13. The van der Waals surface area contributed by atoms with Crippen molar-refractivity contribution in [2.75, 3.05) is 10.0 Å². The molecular weight excluding hydrogens is 641 g/mol. The predicted molar refractivity (Wildman–Crippen MR) is 215 cm³/mol. The Labute approximate surface area is 299 Å². The standard InChI is InChI=1S/C46H28N4S/c1-3-16-30(17-4-1)43-35-23-11-13-25-37(35)47-46(48-43)50-44-42(34-22-10-9-21-33(34)40-36-24-12-14-26-39(36)51-45(40)44)41-32-20-8-7-15-29(32)27-28-38(41)49(50)31-18-5-2-6-19-31/h1-28H/i28D. The lowest BCUT2D eigenvalue weighted by Crippen LogP contribution is -2.40. The summed E-state index contributed by atoms with van der Waals surface area (Å²) in [4.78, 5) is 10.9. The molecule has 3 heterocycles. The van der Waals surface area contributed by atoms with Gasteiger partial charge in [-0.2, -0.15) is 0 Å². The number of rotatable bonds is 3. The van der Waals surface area contributed by atoms with E-state index in [4.69, 9.17) is 9.97 Å². The van der Waals surface area contributed by atoms with Gasteiger partial charge in [0.15, 0.2) is 0 Å². The highest BCUT2D eigenvalue weighted by Gasteiger charge is 2.38. The van der Waals surface area contributed by atoms with Crippen LogP contribution in [0.2, 0.25) is 0 Å². The molecule has 11 rings (SSSR count). The quantitative estimate of drug-likeness (QED) is 0.187. The van der Waals surface area contributed by atoms with Crippen LogP contribution in [0.5, 0.6) is 0 Å². The van der Waals surface area contributed by atoms with Crippen molar-refractivity contribution in [2.45, 2.75) is 0 Å². The third-order valence-electron chi connectivity index (χ3n) is 10.0. The molecule has 8 aromatic carbocycles. The zero-order valence-electron chi connectivity index (χ0n) is 28.3. The van der Waals surface area contributed by atoms with E-state index in [-0.39, 0.29) is 0 Å². The number of aromatic nitrogens is 2. The summed E-state index contributed by atoms with van der Waals surface area (Å²) < 4.78 is 12.1. The van der Waals surface area contributed by atoms with Gasteiger partial charge in [-0.15, -0.1) is 11.3 Å². The number of para-hydroxylation sites is 2. The first-order chi connectivity index (χ1) is 25.7. The van der Waals surface area contributed by atoms with Crippen molar-refractivity contribution in [1.29, 1.82) is 0 Å². The molecule has 0 amide bonds. The van der Waals surface area contributed by atoms with Crippen molar-refractivity contribution in [3.05, 3.63) is 170 Å². The van der Waals surface area contributed by atoms with E-state index >= 15 is 0 Å². The number of hydrazine groups is 1. The molecular formula is C46H28N4S. The van der Waals surface area contributed by atoms with Crippen LogP contribution in [0.25, 0.3) is 75.0 Å². The van der Waals surface area contributed by atoms with Crippen LogP contribution < -0.4 is 10.0 Å². The molecule has 0 fully saturated rings. The molecule has 0 atom stereocenters. The lowest BCUT2D eigenvalue weighted by atomic mass is 9.87. The van der Waals surface area contributed by atoms with E-state index in [2.05, 4.69) is 143 Å². The maximum atomic E-state index is 9.76. The van der Waals surface area contributed by atoms with Gasteiger partial charge in [0, 0.05) is 37.5 Å². The Morgan fingerprint density at radius 2 is 1.16 bits per heavy atom. The molecule has 0 spiro atoms. The normalized spacial score (nSPS) is 12.9. The maximum absolute atomic E-state index is 9.76. The first-order valence-corrected chi connectivity index (χ1v) is 17.9. The van der Waals surface area contributed by atoms with Gasteiger partial charge in [-0.25, -0.2) is 20.0 Å². The zero-order valence-corrected chi connectivity index (χ0v) is 28.1. The van der Waals surface area contributed by atoms with Crippen LogP contribution in [-0.2, 0) is 0 Å². The van der Waals surface area contributed by atoms with E-state index in [9.17, 15) is 1.37 Å². The topological polar surface area (TPSA) is 32.3 Å². The van der Waals surface area contributed by atoms with Crippen molar-refractivity contribution in [3.8, 4) is 22.4 Å². The van der Waals surface area contributed by atoms with Crippen molar-refractivity contribution >= 4 is 87.0 Å². The Bertz CT molecular complexity index is 3050. The number of thiophene rings is 1. The summed E-state index contributed by atoms with van der Waals surface area (Å²) in [7, 11) is 0. The molecule has 10 aromatic rings. The van der Waals surface area contributed by atoms with Gasteiger partial charge in [0.1, 0.15) is 0 Å². The van der Waals surface area contributed by atoms with Crippen molar-refractivity contribution < 1.29 is 1.37 Å². The summed E-state index contributed by atoms with van der Waals surface area (Å²) >= 11 is 1.80. The minimum atomic E-state index is 0.429. The third kappa shape index (κ3) is 4.13. The molecule has 0 bridgehead atoms.